The van der Waals surface area contributed by atoms with Crippen molar-refractivity contribution in [2.75, 3.05) is 11.1 Å². The molecule has 0 saturated heterocycles. The van der Waals surface area contributed by atoms with E-state index >= 15 is 0 Å². The van der Waals surface area contributed by atoms with Crippen molar-refractivity contribution in [3.8, 4) is 0 Å². The molecule has 1 aromatic carbocycles. The standard InChI is InChI=1S/C14H13N3O4/c1-7-3-13(18)14(19)6-11(7)16-9-4-10(15)8(2)12(5-9)17(20)21/h3-6,16H,15H2,1-2H3. The minimum absolute atomic E-state index is 0.113. The van der Waals surface area contributed by atoms with E-state index in [9.17, 15) is 19.7 Å². The fourth-order valence-corrected chi connectivity index (χ4v) is 1.93. The number of hydrogen-bond acceptors (Lipinski definition) is 6. The minimum Gasteiger partial charge on any atom is -0.398 e. The molecular formula is C14H13N3O4. The molecule has 0 bridgehead atoms. The van der Waals surface area contributed by atoms with Crippen LogP contribution in [0.2, 0.25) is 0 Å². The molecule has 2 rings (SSSR count). The van der Waals surface area contributed by atoms with Gasteiger partial charge in [0.2, 0.25) is 11.6 Å². The molecule has 1 aliphatic carbocycles. The van der Waals surface area contributed by atoms with Gasteiger partial charge in [0.1, 0.15) is 0 Å². The van der Waals surface area contributed by atoms with Crippen molar-refractivity contribution in [1.82, 2.24) is 0 Å². The second-order valence-electron chi connectivity index (χ2n) is 4.71. The van der Waals surface area contributed by atoms with E-state index in [0.717, 1.165) is 0 Å². The molecule has 7 heteroatoms. The summed E-state index contributed by atoms with van der Waals surface area (Å²) < 4.78 is 0. The molecule has 108 valence electrons. The van der Waals surface area contributed by atoms with Gasteiger partial charge in [-0.05, 0) is 31.6 Å². The normalized spacial score (nSPS) is 14.6. The Kier molecular flexibility index (Phi) is 3.58. The molecule has 3 N–H and O–H groups in total. The summed E-state index contributed by atoms with van der Waals surface area (Å²) in [7, 11) is 0. The van der Waals surface area contributed by atoms with Crippen molar-refractivity contribution in [1.29, 1.82) is 0 Å². The number of nitrogens with two attached hydrogens (primary N) is 1. The summed E-state index contributed by atoms with van der Waals surface area (Å²) in [6.45, 7) is 3.22. The predicted octanol–water partition coefficient (Wildman–Crippen LogP) is 1.88. The third-order valence-electron chi connectivity index (χ3n) is 3.19. The molecule has 0 amide bonds. The Balaban J connectivity index is 2.39. The van der Waals surface area contributed by atoms with Crippen LogP contribution in [-0.4, -0.2) is 16.5 Å². The Labute approximate surface area is 120 Å². The fourth-order valence-electron chi connectivity index (χ4n) is 1.93. The number of nitrogens with zero attached hydrogens (tertiary/aromatic N) is 1. The smallest absolute Gasteiger partial charge is 0.276 e. The third kappa shape index (κ3) is 2.81. The molecule has 1 aliphatic rings. The highest BCUT2D eigenvalue weighted by atomic mass is 16.6. The summed E-state index contributed by atoms with van der Waals surface area (Å²) in [6, 6.07) is 2.87. The number of allylic oxidation sites excluding steroid dienone is 3. The topological polar surface area (TPSA) is 115 Å². The SMILES string of the molecule is CC1=CC(=O)C(=O)C=C1Nc1cc(N)c(C)c([N+](=O)[O-])c1. The Hall–Kier alpha value is -2.96. The molecule has 0 fully saturated rings. The van der Waals surface area contributed by atoms with Crippen LogP contribution in [0.1, 0.15) is 12.5 Å². The van der Waals surface area contributed by atoms with Crippen LogP contribution in [0.25, 0.3) is 0 Å². The number of nitrogens with one attached hydrogen (secondary N) is 1. The van der Waals surface area contributed by atoms with Crippen LogP contribution in [0.15, 0.2) is 35.6 Å². The third-order valence-corrected chi connectivity index (χ3v) is 3.19. The zero-order valence-electron chi connectivity index (χ0n) is 11.5. The van der Waals surface area contributed by atoms with Crippen LogP contribution in [0.5, 0.6) is 0 Å². The lowest BCUT2D eigenvalue weighted by molar-refractivity contribution is -0.385. The zero-order valence-corrected chi connectivity index (χ0v) is 11.5. The highest BCUT2D eigenvalue weighted by Gasteiger charge is 2.19. The maximum Gasteiger partial charge on any atom is 0.276 e. The Bertz CT molecular complexity index is 732. The van der Waals surface area contributed by atoms with E-state index < -0.39 is 16.5 Å². The van der Waals surface area contributed by atoms with Gasteiger partial charge in [-0.1, -0.05) is 0 Å². The first-order chi connectivity index (χ1) is 9.79. The van der Waals surface area contributed by atoms with Gasteiger partial charge in [0.15, 0.2) is 0 Å². The van der Waals surface area contributed by atoms with Crippen LogP contribution in [0.4, 0.5) is 17.1 Å². The van der Waals surface area contributed by atoms with Crippen LogP contribution in [-0.2, 0) is 9.59 Å². The summed E-state index contributed by atoms with van der Waals surface area (Å²) in [4.78, 5) is 33.1. The maximum atomic E-state index is 11.4. The minimum atomic E-state index is -0.641. The van der Waals surface area contributed by atoms with Gasteiger partial charge in [-0.25, -0.2) is 0 Å². The van der Waals surface area contributed by atoms with Crippen LogP contribution >= 0.6 is 0 Å². The van der Waals surface area contributed by atoms with Crippen molar-refractivity contribution in [3.05, 3.63) is 51.2 Å². The molecule has 1 aromatic rings. The van der Waals surface area contributed by atoms with E-state index in [-0.39, 0.29) is 11.4 Å². The summed E-state index contributed by atoms with van der Waals surface area (Å²) in [5.41, 5.74) is 7.65. The van der Waals surface area contributed by atoms with E-state index in [1.165, 1.54) is 24.3 Å². The zero-order chi connectivity index (χ0) is 15.7. The lowest BCUT2D eigenvalue weighted by Crippen LogP contribution is -2.17. The van der Waals surface area contributed by atoms with Crippen LogP contribution in [0.3, 0.4) is 0 Å². The lowest BCUT2D eigenvalue weighted by Gasteiger charge is -2.15. The quantitative estimate of drug-likeness (QED) is 0.288. The summed E-state index contributed by atoms with van der Waals surface area (Å²) in [5.74, 6) is -1.23. The molecule has 0 atom stereocenters. The number of hydrogen-bond donors (Lipinski definition) is 2. The highest BCUT2D eigenvalue weighted by Crippen LogP contribution is 2.30. The number of nitro groups is 1. The number of benzene rings is 1. The van der Waals surface area contributed by atoms with Crippen molar-refractivity contribution < 1.29 is 14.5 Å². The maximum absolute atomic E-state index is 11.4. The number of nitrogen functional groups attached to an aromatic ring is 1. The van der Waals surface area contributed by atoms with Gasteiger partial charge >= 0.3 is 0 Å². The summed E-state index contributed by atoms with van der Waals surface area (Å²) >= 11 is 0. The molecule has 0 aliphatic heterocycles. The van der Waals surface area contributed by atoms with Gasteiger partial charge in [-0.15, -0.1) is 0 Å². The Morgan fingerprint density at radius 1 is 1.14 bits per heavy atom. The molecule has 21 heavy (non-hydrogen) atoms. The van der Waals surface area contributed by atoms with Gasteiger partial charge in [0, 0.05) is 34.8 Å². The molecule has 7 nitrogen and oxygen atoms in total. The van der Waals surface area contributed by atoms with Crippen LogP contribution in [0, 0.1) is 17.0 Å². The van der Waals surface area contributed by atoms with Gasteiger partial charge < -0.3 is 11.1 Å². The second-order valence-corrected chi connectivity index (χ2v) is 4.71. The van der Waals surface area contributed by atoms with Gasteiger partial charge in [-0.2, -0.15) is 0 Å². The first-order valence-corrected chi connectivity index (χ1v) is 6.10. The average molecular weight is 287 g/mol. The summed E-state index contributed by atoms with van der Waals surface area (Å²) in [5, 5.41) is 13.9. The molecule has 0 saturated carbocycles. The number of ketones is 2. The first kappa shape index (κ1) is 14.4. The number of nitro benzene ring substituents is 1. The van der Waals surface area contributed by atoms with E-state index in [4.69, 9.17) is 5.73 Å². The number of rotatable bonds is 3. The number of carbonyl (C=O) groups excluding carboxylic acids is 2. The molecule has 0 aromatic heterocycles. The van der Waals surface area contributed by atoms with E-state index in [1.807, 2.05) is 0 Å². The number of carbonyl (C=O) groups is 2. The molecule has 0 heterocycles. The fraction of sp³-hybridized carbons (Fsp3) is 0.143. The summed E-state index contributed by atoms with van der Waals surface area (Å²) in [6.07, 6.45) is 2.39. The van der Waals surface area contributed by atoms with Gasteiger partial charge in [0.25, 0.3) is 5.69 Å². The van der Waals surface area contributed by atoms with E-state index in [0.29, 0.717) is 22.5 Å². The number of anilines is 2. The average Bonchev–Trinajstić information content (AvgIpc) is 2.39. The highest BCUT2D eigenvalue weighted by molar-refractivity contribution is 6.46. The van der Waals surface area contributed by atoms with Crippen molar-refractivity contribution in [2.24, 2.45) is 0 Å². The molecule has 0 radical (unpaired) electrons. The van der Waals surface area contributed by atoms with Crippen molar-refractivity contribution in [2.45, 2.75) is 13.8 Å². The van der Waals surface area contributed by atoms with E-state index in [2.05, 4.69) is 5.32 Å². The second kappa shape index (κ2) is 5.20. The van der Waals surface area contributed by atoms with E-state index in [1.54, 1.807) is 13.8 Å². The molecule has 0 spiro atoms. The Morgan fingerprint density at radius 3 is 2.38 bits per heavy atom. The lowest BCUT2D eigenvalue weighted by atomic mass is 10.0. The van der Waals surface area contributed by atoms with Gasteiger partial charge in [0.05, 0.1) is 4.92 Å². The van der Waals surface area contributed by atoms with Crippen molar-refractivity contribution >= 4 is 28.6 Å². The van der Waals surface area contributed by atoms with Crippen molar-refractivity contribution in [3.63, 3.8) is 0 Å². The van der Waals surface area contributed by atoms with Gasteiger partial charge in [-0.3, -0.25) is 19.7 Å². The Morgan fingerprint density at radius 2 is 1.76 bits per heavy atom. The monoisotopic (exact) mass is 287 g/mol. The molecule has 0 unspecified atom stereocenters. The van der Waals surface area contributed by atoms with Crippen LogP contribution < -0.4 is 11.1 Å². The largest absolute Gasteiger partial charge is 0.398 e. The molecular weight excluding hydrogens is 274 g/mol. The first-order valence-electron chi connectivity index (χ1n) is 6.10. The predicted molar refractivity (Wildman–Crippen MR) is 77.7 cm³/mol.